The molecule has 72 valence electrons. The fourth-order valence-corrected chi connectivity index (χ4v) is 1.31. The molecule has 0 aromatic carbocycles. The first-order valence-corrected chi connectivity index (χ1v) is 4.84. The number of cyclic esters (lactones) is 1. The average Bonchev–Trinajstić information content (AvgIpc) is 2.42. The molecule has 1 heterocycles. The number of carbonyl (C=O) groups excluding carboxylic acids is 1. The lowest BCUT2D eigenvalue weighted by atomic mass is 10.1. The monoisotopic (exact) mass is 180 g/mol. The van der Waals surface area contributed by atoms with Crippen LogP contribution in [-0.4, -0.2) is 5.97 Å². The van der Waals surface area contributed by atoms with E-state index in [1.165, 1.54) is 19.1 Å². The molecule has 1 rings (SSSR count). The normalized spacial score (nSPS) is 19.1. The van der Waals surface area contributed by atoms with Crippen molar-refractivity contribution in [2.75, 3.05) is 0 Å². The molecule has 0 aromatic rings. The second-order valence-corrected chi connectivity index (χ2v) is 3.32. The molecule has 0 saturated carbocycles. The number of unbranched alkanes of at least 4 members (excludes halogenated alkanes) is 3. The number of rotatable bonds is 4. The van der Waals surface area contributed by atoms with Gasteiger partial charge in [0.25, 0.3) is 0 Å². The van der Waals surface area contributed by atoms with E-state index in [0.717, 1.165) is 24.0 Å². The molecule has 2 heteroatoms. The molecule has 0 spiro atoms. The van der Waals surface area contributed by atoms with E-state index in [1.54, 1.807) is 0 Å². The average molecular weight is 180 g/mol. The van der Waals surface area contributed by atoms with Crippen LogP contribution in [0.3, 0.4) is 0 Å². The van der Waals surface area contributed by atoms with Crippen molar-refractivity contribution < 1.29 is 9.53 Å². The molecule has 0 amide bonds. The van der Waals surface area contributed by atoms with Gasteiger partial charge in [0.1, 0.15) is 0 Å². The van der Waals surface area contributed by atoms with Crippen LogP contribution < -0.4 is 0 Å². The third-order valence-electron chi connectivity index (χ3n) is 2.14. The second kappa shape index (κ2) is 4.85. The molecule has 0 atom stereocenters. The summed E-state index contributed by atoms with van der Waals surface area (Å²) < 4.78 is 4.77. The van der Waals surface area contributed by atoms with Crippen LogP contribution in [-0.2, 0) is 9.53 Å². The van der Waals surface area contributed by atoms with Crippen LogP contribution in [0.2, 0.25) is 0 Å². The molecule has 0 fully saturated rings. The number of esters is 1. The van der Waals surface area contributed by atoms with Crippen molar-refractivity contribution in [1.29, 1.82) is 0 Å². The molecule has 0 bridgehead atoms. The third kappa shape index (κ3) is 2.72. The van der Waals surface area contributed by atoms with Crippen LogP contribution in [0.25, 0.3) is 0 Å². The topological polar surface area (TPSA) is 26.3 Å². The van der Waals surface area contributed by atoms with E-state index in [0.29, 0.717) is 0 Å². The molecule has 0 saturated heterocycles. The van der Waals surface area contributed by atoms with Crippen molar-refractivity contribution in [2.45, 2.75) is 39.5 Å². The summed E-state index contributed by atoms with van der Waals surface area (Å²) >= 11 is 0. The zero-order chi connectivity index (χ0) is 9.68. The van der Waals surface area contributed by atoms with Crippen LogP contribution in [0.1, 0.15) is 39.5 Å². The smallest absolute Gasteiger partial charge is 0.343 e. The Hall–Kier alpha value is -1.05. The molecule has 0 N–H and O–H groups in total. The number of allylic oxidation sites excluding steroid dienone is 1. The quantitative estimate of drug-likeness (QED) is 0.377. The molecular formula is C11H16O2. The SMILES string of the molecule is CCCCCC=C1C(=O)OC=C1C. The number of hydrogen-bond acceptors (Lipinski definition) is 2. The van der Waals surface area contributed by atoms with Gasteiger partial charge in [-0.15, -0.1) is 0 Å². The van der Waals surface area contributed by atoms with Gasteiger partial charge >= 0.3 is 5.97 Å². The first-order valence-electron chi connectivity index (χ1n) is 4.84. The number of carbonyl (C=O) groups is 1. The molecule has 0 aromatic heterocycles. The van der Waals surface area contributed by atoms with Gasteiger partial charge < -0.3 is 4.74 Å². The van der Waals surface area contributed by atoms with Gasteiger partial charge in [-0.3, -0.25) is 0 Å². The summed E-state index contributed by atoms with van der Waals surface area (Å²) in [4.78, 5) is 11.1. The highest BCUT2D eigenvalue weighted by Gasteiger charge is 2.18. The highest BCUT2D eigenvalue weighted by Crippen LogP contribution is 2.19. The first-order chi connectivity index (χ1) is 6.25. The molecule has 13 heavy (non-hydrogen) atoms. The van der Waals surface area contributed by atoms with Crippen molar-refractivity contribution in [3.63, 3.8) is 0 Å². The Bertz CT molecular complexity index is 249. The van der Waals surface area contributed by atoms with Crippen LogP contribution in [0.4, 0.5) is 0 Å². The van der Waals surface area contributed by atoms with Gasteiger partial charge in [0.05, 0.1) is 11.8 Å². The number of ether oxygens (including phenoxy) is 1. The molecule has 0 radical (unpaired) electrons. The maximum absolute atomic E-state index is 11.1. The Morgan fingerprint density at radius 1 is 1.46 bits per heavy atom. The number of hydrogen-bond donors (Lipinski definition) is 0. The Morgan fingerprint density at radius 2 is 2.23 bits per heavy atom. The highest BCUT2D eigenvalue weighted by atomic mass is 16.5. The standard InChI is InChI=1S/C11H16O2/c1-3-4-5-6-7-10-9(2)8-13-11(10)12/h7-8H,3-6H2,1-2H3. The highest BCUT2D eigenvalue weighted by molar-refractivity contribution is 5.95. The molecule has 0 unspecified atom stereocenters. The summed E-state index contributed by atoms with van der Waals surface area (Å²) in [5.74, 6) is -0.200. The van der Waals surface area contributed by atoms with E-state index in [4.69, 9.17) is 4.74 Å². The lowest BCUT2D eigenvalue weighted by Crippen LogP contribution is -1.96. The van der Waals surface area contributed by atoms with Crippen LogP contribution >= 0.6 is 0 Å². The maximum atomic E-state index is 11.1. The lowest BCUT2D eigenvalue weighted by molar-refractivity contribution is -0.132. The lowest BCUT2D eigenvalue weighted by Gasteiger charge is -1.96. The van der Waals surface area contributed by atoms with Crippen molar-refractivity contribution in [3.05, 3.63) is 23.5 Å². The van der Waals surface area contributed by atoms with Crippen molar-refractivity contribution >= 4 is 5.97 Å². The Balaban J connectivity index is 2.41. The molecule has 0 aliphatic carbocycles. The van der Waals surface area contributed by atoms with Gasteiger partial charge in [-0.1, -0.05) is 25.8 Å². The van der Waals surface area contributed by atoms with E-state index in [2.05, 4.69) is 6.92 Å². The van der Waals surface area contributed by atoms with Crippen molar-refractivity contribution in [1.82, 2.24) is 0 Å². The minimum Gasteiger partial charge on any atom is -0.431 e. The van der Waals surface area contributed by atoms with Gasteiger partial charge in [-0.2, -0.15) is 0 Å². The van der Waals surface area contributed by atoms with E-state index in [9.17, 15) is 4.79 Å². The van der Waals surface area contributed by atoms with E-state index in [1.807, 2.05) is 13.0 Å². The van der Waals surface area contributed by atoms with E-state index >= 15 is 0 Å². The van der Waals surface area contributed by atoms with Crippen LogP contribution in [0, 0.1) is 0 Å². The van der Waals surface area contributed by atoms with Gasteiger partial charge in [0, 0.05) is 0 Å². The Morgan fingerprint density at radius 3 is 2.77 bits per heavy atom. The summed E-state index contributed by atoms with van der Waals surface area (Å²) in [6.07, 6.45) is 8.07. The van der Waals surface area contributed by atoms with Crippen LogP contribution in [0.5, 0.6) is 0 Å². The summed E-state index contributed by atoms with van der Waals surface area (Å²) in [6.45, 7) is 4.07. The van der Waals surface area contributed by atoms with Crippen molar-refractivity contribution in [2.24, 2.45) is 0 Å². The fraction of sp³-hybridized carbons (Fsp3) is 0.545. The van der Waals surface area contributed by atoms with Gasteiger partial charge in [-0.25, -0.2) is 4.79 Å². The summed E-state index contributed by atoms with van der Waals surface area (Å²) in [5.41, 5.74) is 1.69. The van der Waals surface area contributed by atoms with Crippen molar-refractivity contribution in [3.8, 4) is 0 Å². The summed E-state index contributed by atoms with van der Waals surface area (Å²) in [6, 6.07) is 0. The van der Waals surface area contributed by atoms with E-state index in [-0.39, 0.29) is 5.97 Å². The maximum Gasteiger partial charge on any atom is 0.343 e. The summed E-state index contributed by atoms with van der Waals surface area (Å²) in [7, 11) is 0. The predicted octanol–water partition coefficient (Wildman–Crippen LogP) is 2.95. The zero-order valence-corrected chi connectivity index (χ0v) is 8.30. The fourth-order valence-electron chi connectivity index (χ4n) is 1.31. The third-order valence-corrected chi connectivity index (χ3v) is 2.14. The largest absolute Gasteiger partial charge is 0.431 e. The predicted molar refractivity (Wildman–Crippen MR) is 52.1 cm³/mol. The van der Waals surface area contributed by atoms with E-state index < -0.39 is 0 Å². The van der Waals surface area contributed by atoms with Gasteiger partial charge in [-0.05, 0) is 25.3 Å². The molecular weight excluding hydrogens is 164 g/mol. The minimum absolute atomic E-state index is 0.200. The Labute approximate surface area is 79.3 Å². The van der Waals surface area contributed by atoms with Gasteiger partial charge in [0.15, 0.2) is 0 Å². The zero-order valence-electron chi connectivity index (χ0n) is 8.30. The summed E-state index contributed by atoms with van der Waals surface area (Å²) in [5, 5.41) is 0. The second-order valence-electron chi connectivity index (χ2n) is 3.32. The first kappa shape index (κ1) is 10.0. The molecule has 1 aliphatic heterocycles. The Kier molecular flexibility index (Phi) is 3.74. The van der Waals surface area contributed by atoms with Gasteiger partial charge in [0.2, 0.25) is 0 Å². The molecule has 2 nitrogen and oxygen atoms in total. The molecule has 1 aliphatic rings. The minimum atomic E-state index is -0.200. The van der Waals surface area contributed by atoms with Crippen LogP contribution in [0.15, 0.2) is 23.5 Å².